The number of imidazole rings is 1. The van der Waals surface area contributed by atoms with Gasteiger partial charge in [0.2, 0.25) is 0 Å². The third kappa shape index (κ3) is 5.31. The van der Waals surface area contributed by atoms with E-state index in [-0.39, 0.29) is 11.9 Å². The summed E-state index contributed by atoms with van der Waals surface area (Å²) in [7, 11) is 0. The van der Waals surface area contributed by atoms with Gasteiger partial charge in [-0.25, -0.2) is 4.98 Å². The molecule has 0 bridgehead atoms. The zero-order valence-corrected chi connectivity index (χ0v) is 19.7. The van der Waals surface area contributed by atoms with Crippen molar-refractivity contribution < 1.29 is 4.79 Å². The fourth-order valence-corrected chi connectivity index (χ4v) is 4.39. The third-order valence-corrected chi connectivity index (χ3v) is 6.64. The number of rotatable bonds is 8. The van der Waals surface area contributed by atoms with E-state index in [2.05, 4.69) is 21.8 Å². The SMILES string of the molecule is CCC(C)NC(=O)c1ccc(Cn2c(SCc3ccc(Cl)cc3)nc3ccncc32)cc1. The van der Waals surface area contributed by atoms with E-state index in [1.54, 1.807) is 18.0 Å². The van der Waals surface area contributed by atoms with E-state index >= 15 is 0 Å². The summed E-state index contributed by atoms with van der Waals surface area (Å²) in [6, 6.07) is 17.7. The minimum atomic E-state index is -0.0395. The molecule has 0 saturated heterocycles. The molecule has 1 unspecified atom stereocenters. The van der Waals surface area contributed by atoms with Crippen molar-refractivity contribution in [1.82, 2.24) is 19.9 Å². The summed E-state index contributed by atoms with van der Waals surface area (Å²) in [5.74, 6) is 0.755. The van der Waals surface area contributed by atoms with E-state index < -0.39 is 0 Å². The lowest BCUT2D eigenvalue weighted by atomic mass is 10.1. The second kappa shape index (κ2) is 10.2. The monoisotopic (exact) mass is 464 g/mol. The highest BCUT2D eigenvalue weighted by atomic mass is 35.5. The fourth-order valence-electron chi connectivity index (χ4n) is 3.29. The maximum Gasteiger partial charge on any atom is 0.251 e. The number of thioether (sulfide) groups is 1. The smallest absolute Gasteiger partial charge is 0.251 e. The number of pyridine rings is 1. The molecule has 0 saturated carbocycles. The third-order valence-electron chi connectivity index (χ3n) is 5.34. The minimum absolute atomic E-state index is 0.0395. The molecule has 0 spiro atoms. The highest BCUT2D eigenvalue weighted by molar-refractivity contribution is 7.98. The molecule has 0 aliphatic rings. The number of benzene rings is 2. The molecule has 0 aliphatic carbocycles. The van der Waals surface area contributed by atoms with E-state index in [0.29, 0.717) is 12.1 Å². The van der Waals surface area contributed by atoms with Gasteiger partial charge in [-0.1, -0.05) is 54.6 Å². The van der Waals surface area contributed by atoms with Crippen LogP contribution in [0.1, 0.15) is 41.8 Å². The maximum absolute atomic E-state index is 12.4. The first-order valence-electron chi connectivity index (χ1n) is 10.6. The van der Waals surface area contributed by atoms with Crippen LogP contribution in [-0.4, -0.2) is 26.5 Å². The van der Waals surface area contributed by atoms with Crippen LogP contribution in [0.2, 0.25) is 5.02 Å². The van der Waals surface area contributed by atoms with Crippen molar-refractivity contribution in [3.63, 3.8) is 0 Å². The van der Waals surface area contributed by atoms with Gasteiger partial charge in [0.25, 0.3) is 5.91 Å². The van der Waals surface area contributed by atoms with Gasteiger partial charge >= 0.3 is 0 Å². The summed E-state index contributed by atoms with van der Waals surface area (Å²) in [5, 5.41) is 4.67. The Labute approximate surface area is 197 Å². The second-order valence-corrected chi connectivity index (χ2v) is 9.12. The van der Waals surface area contributed by atoms with Gasteiger partial charge in [-0.15, -0.1) is 0 Å². The Balaban J connectivity index is 1.54. The fraction of sp³-hybridized carbons (Fsp3) is 0.240. The lowest BCUT2D eigenvalue weighted by Crippen LogP contribution is -2.31. The number of nitrogens with one attached hydrogen (secondary N) is 1. The van der Waals surface area contributed by atoms with Crippen molar-refractivity contribution in [2.75, 3.05) is 0 Å². The molecule has 0 radical (unpaired) electrons. The van der Waals surface area contributed by atoms with E-state index in [4.69, 9.17) is 16.6 Å². The van der Waals surface area contributed by atoms with Crippen LogP contribution >= 0.6 is 23.4 Å². The predicted molar refractivity (Wildman–Crippen MR) is 131 cm³/mol. The molecule has 4 aromatic rings. The largest absolute Gasteiger partial charge is 0.350 e. The number of nitrogens with zero attached hydrogens (tertiary/aromatic N) is 3. The van der Waals surface area contributed by atoms with Gasteiger partial charge in [0.1, 0.15) is 0 Å². The average molecular weight is 465 g/mol. The van der Waals surface area contributed by atoms with Gasteiger partial charge in [0.15, 0.2) is 5.16 Å². The average Bonchev–Trinajstić information content (AvgIpc) is 3.16. The van der Waals surface area contributed by atoms with Crippen LogP contribution in [0.4, 0.5) is 0 Å². The van der Waals surface area contributed by atoms with Crippen LogP contribution in [0.3, 0.4) is 0 Å². The van der Waals surface area contributed by atoms with Gasteiger partial charge in [0, 0.05) is 28.6 Å². The van der Waals surface area contributed by atoms with Crippen LogP contribution < -0.4 is 5.32 Å². The number of hydrogen-bond donors (Lipinski definition) is 1. The number of halogens is 1. The number of hydrogen-bond acceptors (Lipinski definition) is 4. The van der Waals surface area contributed by atoms with Crippen LogP contribution in [0.5, 0.6) is 0 Å². The molecule has 2 heterocycles. The van der Waals surface area contributed by atoms with E-state index in [1.807, 2.05) is 67.7 Å². The number of amides is 1. The first-order chi connectivity index (χ1) is 15.5. The standard InChI is InChI=1S/C25H25ClN4OS/c1-3-17(2)28-24(31)20-8-4-18(5-9-20)15-30-23-14-27-13-12-22(23)29-25(30)32-16-19-6-10-21(26)11-7-19/h4-14,17H,3,15-16H2,1-2H3,(H,28,31). The normalized spacial score (nSPS) is 12.1. The minimum Gasteiger partial charge on any atom is -0.350 e. The van der Waals surface area contributed by atoms with Crippen LogP contribution in [0, 0.1) is 0 Å². The van der Waals surface area contributed by atoms with E-state index in [9.17, 15) is 4.79 Å². The number of carbonyl (C=O) groups is 1. The Morgan fingerprint density at radius 1 is 1.09 bits per heavy atom. The molecular weight excluding hydrogens is 440 g/mol. The number of fused-ring (bicyclic) bond motifs is 1. The summed E-state index contributed by atoms with van der Waals surface area (Å²) >= 11 is 7.69. The highest BCUT2D eigenvalue weighted by Gasteiger charge is 2.13. The molecular formula is C25H25ClN4OS. The molecule has 7 heteroatoms. The highest BCUT2D eigenvalue weighted by Crippen LogP contribution is 2.28. The summed E-state index contributed by atoms with van der Waals surface area (Å²) in [6.07, 6.45) is 4.52. The molecule has 164 valence electrons. The lowest BCUT2D eigenvalue weighted by molar-refractivity contribution is 0.0939. The van der Waals surface area contributed by atoms with Crippen molar-refractivity contribution in [2.24, 2.45) is 0 Å². The van der Waals surface area contributed by atoms with Crippen LogP contribution in [-0.2, 0) is 12.3 Å². The zero-order chi connectivity index (χ0) is 22.5. The second-order valence-electron chi connectivity index (χ2n) is 7.74. The maximum atomic E-state index is 12.4. The summed E-state index contributed by atoms with van der Waals surface area (Å²) in [5.41, 5.74) is 4.87. The summed E-state index contributed by atoms with van der Waals surface area (Å²) in [4.78, 5) is 21.5. The van der Waals surface area contributed by atoms with Gasteiger partial charge < -0.3 is 9.88 Å². The Morgan fingerprint density at radius 3 is 2.53 bits per heavy atom. The molecule has 0 aliphatic heterocycles. The number of aromatic nitrogens is 3. The van der Waals surface area contributed by atoms with Crippen molar-refractivity contribution >= 4 is 40.3 Å². The topological polar surface area (TPSA) is 59.8 Å². The Kier molecular flexibility index (Phi) is 7.12. The quantitative estimate of drug-likeness (QED) is 0.327. The summed E-state index contributed by atoms with van der Waals surface area (Å²) < 4.78 is 2.18. The molecule has 32 heavy (non-hydrogen) atoms. The Hall–Kier alpha value is -2.83. The first-order valence-corrected chi connectivity index (χ1v) is 12.0. The van der Waals surface area contributed by atoms with Crippen LogP contribution in [0.15, 0.2) is 72.1 Å². The zero-order valence-electron chi connectivity index (χ0n) is 18.1. The van der Waals surface area contributed by atoms with Crippen molar-refractivity contribution in [3.8, 4) is 0 Å². The molecule has 5 nitrogen and oxygen atoms in total. The first kappa shape index (κ1) is 22.4. The molecule has 1 atom stereocenters. The van der Waals surface area contributed by atoms with Gasteiger partial charge in [-0.3, -0.25) is 9.78 Å². The molecule has 4 rings (SSSR count). The Bertz CT molecular complexity index is 1210. The van der Waals surface area contributed by atoms with E-state index in [0.717, 1.165) is 38.9 Å². The van der Waals surface area contributed by atoms with Crippen molar-refractivity contribution in [2.45, 2.75) is 43.8 Å². The predicted octanol–water partition coefficient (Wildman–Crippen LogP) is 5.95. The van der Waals surface area contributed by atoms with Gasteiger partial charge in [-0.05, 0) is 54.8 Å². The molecule has 1 amide bonds. The summed E-state index contributed by atoms with van der Waals surface area (Å²) in [6.45, 7) is 4.72. The molecule has 1 N–H and O–H groups in total. The van der Waals surface area contributed by atoms with Crippen molar-refractivity contribution in [1.29, 1.82) is 0 Å². The van der Waals surface area contributed by atoms with Gasteiger partial charge in [-0.2, -0.15) is 0 Å². The van der Waals surface area contributed by atoms with Crippen LogP contribution in [0.25, 0.3) is 11.0 Å². The molecule has 2 aromatic heterocycles. The van der Waals surface area contributed by atoms with Crippen molar-refractivity contribution in [3.05, 3.63) is 88.7 Å². The number of carbonyl (C=O) groups excluding carboxylic acids is 1. The van der Waals surface area contributed by atoms with E-state index in [1.165, 1.54) is 5.56 Å². The molecule has 2 aromatic carbocycles. The Morgan fingerprint density at radius 2 is 1.81 bits per heavy atom. The molecule has 0 fully saturated rings. The lowest BCUT2D eigenvalue weighted by Gasteiger charge is -2.12. The van der Waals surface area contributed by atoms with Gasteiger partial charge in [0.05, 0.1) is 23.8 Å².